The summed E-state index contributed by atoms with van der Waals surface area (Å²) < 4.78 is 13.2. The molecule has 1 fully saturated rings. The van der Waals surface area contributed by atoms with Gasteiger partial charge >= 0.3 is 0 Å². The zero-order valence-electron chi connectivity index (χ0n) is 14.2. The summed E-state index contributed by atoms with van der Waals surface area (Å²) in [5, 5.41) is 10.3. The summed E-state index contributed by atoms with van der Waals surface area (Å²) in [5.74, 6) is -0.405. The Bertz CT molecular complexity index is 956. The van der Waals surface area contributed by atoms with Crippen molar-refractivity contribution in [2.24, 2.45) is 0 Å². The van der Waals surface area contributed by atoms with Crippen molar-refractivity contribution in [1.29, 1.82) is 0 Å². The lowest BCUT2D eigenvalue weighted by atomic mass is 10.0. The van der Waals surface area contributed by atoms with Crippen LogP contribution in [0.3, 0.4) is 0 Å². The Morgan fingerprint density at radius 1 is 1.19 bits per heavy atom. The van der Waals surface area contributed by atoms with Crippen molar-refractivity contribution >= 4 is 16.8 Å². The summed E-state index contributed by atoms with van der Waals surface area (Å²) in [6.45, 7) is 0.617. The number of likely N-dealkylation sites (tertiary alicyclic amines) is 1. The molecule has 2 aromatic carbocycles. The van der Waals surface area contributed by atoms with E-state index in [1.807, 2.05) is 24.3 Å². The number of benzene rings is 2. The summed E-state index contributed by atoms with van der Waals surface area (Å²) >= 11 is 0. The maximum absolute atomic E-state index is 13.2. The van der Waals surface area contributed by atoms with Crippen LogP contribution in [0.5, 0.6) is 0 Å². The Labute approximate surface area is 150 Å². The fourth-order valence-electron chi connectivity index (χ4n) is 3.57. The van der Waals surface area contributed by atoms with Gasteiger partial charge in [0.25, 0.3) is 5.91 Å². The van der Waals surface area contributed by atoms with Gasteiger partial charge in [-0.15, -0.1) is 0 Å². The predicted octanol–water partition coefficient (Wildman–Crippen LogP) is 3.64. The van der Waals surface area contributed by atoms with Crippen molar-refractivity contribution in [2.45, 2.75) is 18.9 Å². The number of aromatic nitrogens is 1. The molecule has 1 saturated heterocycles. The molecule has 1 N–H and O–H groups in total. The fraction of sp³-hybridized carbons (Fsp3) is 0.238. The van der Waals surface area contributed by atoms with E-state index in [1.165, 1.54) is 12.1 Å². The molecule has 4 nitrogen and oxygen atoms in total. The summed E-state index contributed by atoms with van der Waals surface area (Å²) in [6.07, 6.45) is 1.71. The molecule has 2 heterocycles. The maximum Gasteiger partial charge on any atom is 0.254 e. The van der Waals surface area contributed by atoms with Crippen molar-refractivity contribution in [3.05, 3.63) is 66.0 Å². The van der Waals surface area contributed by atoms with E-state index in [1.54, 1.807) is 23.1 Å². The van der Waals surface area contributed by atoms with Gasteiger partial charge in [-0.05, 0) is 49.2 Å². The second kappa shape index (κ2) is 6.84. The van der Waals surface area contributed by atoms with E-state index in [9.17, 15) is 14.3 Å². The average Bonchev–Trinajstić information content (AvgIpc) is 3.16. The highest BCUT2D eigenvalue weighted by Gasteiger charge is 2.30. The van der Waals surface area contributed by atoms with E-state index in [-0.39, 0.29) is 24.4 Å². The lowest BCUT2D eigenvalue weighted by Crippen LogP contribution is -2.37. The van der Waals surface area contributed by atoms with Crippen LogP contribution in [0.15, 0.2) is 54.6 Å². The van der Waals surface area contributed by atoms with Gasteiger partial charge in [0.15, 0.2) is 0 Å². The van der Waals surface area contributed by atoms with E-state index < -0.39 is 0 Å². The number of fused-ring (bicyclic) bond motifs is 1. The second-order valence-corrected chi connectivity index (χ2v) is 6.56. The molecular weight excluding hydrogens is 331 g/mol. The van der Waals surface area contributed by atoms with Crippen molar-refractivity contribution in [1.82, 2.24) is 9.88 Å². The van der Waals surface area contributed by atoms with Gasteiger partial charge in [-0.2, -0.15) is 0 Å². The number of aliphatic hydroxyl groups is 1. The summed E-state index contributed by atoms with van der Waals surface area (Å²) in [7, 11) is 0. The predicted molar refractivity (Wildman–Crippen MR) is 98.3 cm³/mol. The lowest BCUT2D eigenvalue weighted by Gasteiger charge is -2.24. The first kappa shape index (κ1) is 16.7. The molecule has 1 aliphatic rings. The smallest absolute Gasteiger partial charge is 0.254 e. The van der Waals surface area contributed by atoms with E-state index >= 15 is 0 Å². The zero-order chi connectivity index (χ0) is 18.1. The van der Waals surface area contributed by atoms with Gasteiger partial charge in [0, 0.05) is 17.5 Å². The van der Waals surface area contributed by atoms with Crippen LogP contribution in [0.4, 0.5) is 4.39 Å². The normalized spacial score (nSPS) is 17.0. The monoisotopic (exact) mass is 350 g/mol. The van der Waals surface area contributed by atoms with Gasteiger partial charge in [-0.1, -0.05) is 18.2 Å². The molecule has 1 unspecified atom stereocenters. The van der Waals surface area contributed by atoms with Crippen LogP contribution in [0.2, 0.25) is 0 Å². The van der Waals surface area contributed by atoms with Crippen LogP contribution < -0.4 is 0 Å². The minimum Gasteiger partial charge on any atom is -0.394 e. The molecule has 1 aliphatic heterocycles. The standard InChI is InChI=1S/C21H19FN2O2/c22-15-9-7-14(8-10-15)20-12-18(17-5-1-2-6-19(17)23-20)21(26)24-11-3-4-16(24)13-25/h1-2,5-10,12,16,25H,3-4,11,13H2. The molecule has 5 heteroatoms. The molecule has 0 bridgehead atoms. The number of hydrogen-bond donors (Lipinski definition) is 1. The van der Waals surface area contributed by atoms with E-state index in [2.05, 4.69) is 4.98 Å². The molecule has 0 radical (unpaired) electrons. The molecule has 3 aromatic rings. The average molecular weight is 350 g/mol. The number of pyridine rings is 1. The first-order chi connectivity index (χ1) is 12.7. The quantitative estimate of drug-likeness (QED) is 0.785. The first-order valence-corrected chi connectivity index (χ1v) is 8.75. The molecule has 0 aliphatic carbocycles. The van der Waals surface area contributed by atoms with E-state index in [0.29, 0.717) is 17.8 Å². The topological polar surface area (TPSA) is 53.4 Å². The zero-order valence-corrected chi connectivity index (χ0v) is 14.2. The number of amides is 1. The SMILES string of the molecule is O=C(c1cc(-c2ccc(F)cc2)nc2ccccc12)N1CCCC1CO. The highest BCUT2D eigenvalue weighted by atomic mass is 19.1. The largest absolute Gasteiger partial charge is 0.394 e. The molecule has 0 spiro atoms. The van der Waals surface area contributed by atoms with Gasteiger partial charge < -0.3 is 10.0 Å². The number of para-hydroxylation sites is 1. The molecule has 1 aromatic heterocycles. The van der Waals surface area contributed by atoms with E-state index in [0.717, 1.165) is 29.3 Å². The Morgan fingerprint density at radius 2 is 1.96 bits per heavy atom. The van der Waals surface area contributed by atoms with Crippen molar-refractivity contribution in [2.75, 3.05) is 13.2 Å². The molecule has 132 valence electrons. The van der Waals surface area contributed by atoms with E-state index in [4.69, 9.17) is 0 Å². The Morgan fingerprint density at radius 3 is 2.73 bits per heavy atom. The number of carbonyl (C=O) groups is 1. The third kappa shape index (κ3) is 2.95. The van der Waals surface area contributed by atoms with Gasteiger partial charge in [-0.25, -0.2) is 9.37 Å². The molecule has 0 saturated carbocycles. The van der Waals surface area contributed by atoms with Crippen molar-refractivity contribution < 1.29 is 14.3 Å². The van der Waals surface area contributed by atoms with Crippen molar-refractivity contribution in [3.63, 3.8) is 0 Å². The van der Waals surface area contributed by atoms with Crippen molar-refractivity contribution in [3.8, 4) is 11.3 Å². The third-order valence-electron chi connectivity index (χ3n) is 4.94. The third-order valence-corrected chi connectivity index (χ3v) is 4.94. The lowest BCUT2D eigenvalue weighted by molar-refractivity contribution is 0.0679. The number of nitrogens with zero attached hydrogens (tertiary/aromatic N) is 2. The Hall–Kier alpha value is -2.79. The number of halogens is 1. The first-order valence-electron chi connectivity index (χ1n) is 8.75. The van der Waals surface area contributed by atoms with Crippen LogP contribution in [0.25, 0.3) is 22.2 Å². The molecule has 1 atom stereocenters. The molecular formula is C21H19FN2O2. The number of rotatable bonds is 3. The molecule has 26 heavy (non-hydrogen) atoms. The van der Waals surface area contributed by atoms with Gasteiger partial charge in [0.1, 0.15) is 5.82 Å². The Kier molecular flexibility index (Phi) is 4.39. The van der Waals surface area contributed by atoms with Gasteiger partial charge in [0.05, 0.1) is 29.4 Å². The maximum atomic E-state index is 13.2. The fourth-order valence-corrected chi connectivity index (χ4v) is 3.57. The van der Waals surface area contributed by atoms with Crippen LogP contribution in [-0.2, 0) is 0 Å². The highest BCUT2D eigenvalue weighted by Crippen LogP contribution is 2.28. The van der Waals surface area contributed by atoms with Crippen LogP contribution in [-0.4, -0.2) is 40.1 Å². The number of hydrogen-bond acceptors (Lipinski definition) is 3. The minimum atomic E-state index is -0.311. The van der Waals surface area contributed by atoms with Crippen LogP contribution in [0.1, 0.15) is 23.2 Å². The van der Waals surface area contributed by atoms with Gasteiger partial charge in [0.2, 0.25) is 0 Å². The summed E-state index contributed by atoms with van der Waals surface area (Å²) in [4.78, 5) is 19.6. The Balaban J connectivity index is 1.84. The van der Waals surface area contributed by atoms with Crippen LogP contribution >= 0.6 is 0 Å². The van der Waals surface area contributed by atoms with Gasteiger partial charge in [-0.3, -0.25) is 4.79 Å². The molecule has 4 rings (SSSR count). The number of aliphatic hydroxyl groups excluding tert-OH is 1. The minimum absolute atomic E-state index is 0.0282. The second-order valence-electron chi connectivity index (χ2n) is 6.56. The summed E-state index contributed by atoms with van der Waals surface area (Å²) in [5.41, 5.74) is 2.67. The molecule has 1 amide bonds. The number of carbonyl (C=O) groups excluding carboxylic acids is 1. The highest BCUT2D eigenvalue weighted by molar-refractivity contribution is 6.07. The summed E-state index contributed by atoms with van der Waals surface area (Å²) in [6, 6.07) is 15.2. The van der Waals surface area contributed by atoms with Crippen LogP contribution in [0, 0.1) is 5.82 Å².